The van der Waals surface area contributed by atoms with Gasteiger partial charge in [0.15, 0.2) is 0 Å². The lowest BCUT2D eigenvalue weighted by atomic mass is 10.1. The Morgan fingerprint density at radius 3 is 2.18 bits per heavy atom. The average molecular weight is 305 g/mol. The normalized spacial score (nSPS) is 14.0. The fourth-order valence-electron chi connectivity index (χ4n) is 2.26. The molecule has 0 spiro atoms. The molecule has 0 aliphatic rings. The average Bonchev–Trinajstić information content (AvgIpc) is 2.47. The molecule has 0 bridgehead atoms. The van der Waals surface area contributed by atoms with E-state index in [1.54, 1.807) is 0 Å². The number of nitrogens with zero attached hydrogens (tertiary/aromatic N) is 1. The minimum Gasteiger partial charge on any atom is -0.336 e. The van der Waals surface area contributed by atoms with Gasteiger partial charge in [-0.1, -0.05) is 37.3 Å². The molecule has 0 heterocycles. The highest BCUT2D eigenvalue weighted by atomic mass is 16.2. The predicted molar refractivity (Wildman–Crippen MR) is 92.9 cm³/mol. The topological polar surface area (TPSA) is 44.4 Å². The first-order valence-corrected chi connectivity index (χ1v) is 8.27. The van der Waals surface area contributed by atoms with Gasteiger partial charge in [0.2, 0.25) is 0 Å². The van der Waals surface area contributed by atoms with Crippen LogP contribution in [0.5, 0.6) is 0 Å². The molecule has 0 aliphatic carbocycles. The molecule has 1 rings (SSSR count). The molecule has 0 saturated heterocycles. The van der Waals surface area contributed by atoms with Crippen LogP contribution in [0.25, 0.3) is 0 Å². The van der Waals surface area contributed by atoms with E-state index in [0.29, 0.717) is 6.04 Å². The van der Waals surface area contributed by atoms with Gasteiger partial charge in [-0.3, -0.25) is 4.90 Å². The van der Waals surface area contributed by atoms with E-state index in [0.717, 1.165) is 19.5 Å². The van der Waals surface area contributed by atoms with Gasteiger partial charge in [-0.25, -0.2) is 4.79 Å². The third-order valence-electron chi connectivity index (χ3n) is 3.83. The van der Waals surface area contributed by atoms with Crippen molar-refractivity contribution in [2.75, 3.05) is 6.54 Å². The standard InChI is InChI=1S/C18H31N3O/c1-6-15(4)19-18(22)20-16(5)12-21(14(2)3)13-17-10-8-7-9-11-17/h7-11,14-16H,6,12-13H2,1-5H3,(H2,19,20,22). The lowest BCUT2D eigenvalue weighted by Crippen LogP contribution is -2.49. The van der Waals surface area contributed by atoms with Crippen LogP contribution in [0.3, 0.4) is 0 Å². The van der Waals surface area contributed by atoms with Gasteiger partial charge in [-0.2, -0.15) is 0 Å². The second-order valence-electron chi connectivity index (χ2n) is 6.34. The van der Waals surface area contributed by atoms with Crippen molar-refractivity contribution in [3.8, 4) is 0 Å². The van der Waals surface area contributed by atoms with E-state index in [9.17, 15) is 4.79 Å². The van der Waals surface area contributed by atoms with Gasteiger partial charge in [0, 0.05) is 31.2 Å². The molecule has 124 valence electrons. The number of hydrogen-bond acceptors (Lipinski definition) is 2. The van der Waals surface area contributed by atoms with Crippen molar-refractivity contribution in [1.29, 1.82) is 0 Å². The molecule has 4 heteroatoms. The smallest absolute Gasteiger partial charge is 0.315 e. The van der Waals surface area contributed by atoms with Crippen LogP contribution in [-0.2, 0) is 6.54 Å². The van der Waals surface area contributed by atoms with Crippen LogP contribution >= 0.6 is 0 Å². The molecule has 2 amide bonds. The van der Waals surface area contributed by atoms with Gasteiger partial charge in [-0.05, 0) is 39.7 Å². The number of nitrogens with one attached hydrogen (secondary N) is 2. The van der Waals surface area contributed by atoms with Crippen LogP contribution in [0, 0.1) is 0 Å². The molecule has 0 aromatic heterocycles. The Hall–Kier alpha value is -1.55. The number of carbonyl (C=O) groups excluding carboxylic acids is 1. The highest BCUT2D eigenvalue weighted by Crippen LogP contribution is 2.08. The SMILES string of the molecule is CCC(C)NC(=O)NC(C)CN(Cc1ccccc1)C(C)C. The Morgan fingerprint density at radius 1 is 1.05 bits per heavy atom. The van der Waals surface area contributed by atoms with Crippen molar-refractivity contribution in [2.24, 2.45) is 0 Å². The Kier molecular flexibility index (Phi) is 7.96. The zero-order chi connectivity index (χ0) is 16.5. The molecule has 1 aromatic rings. The van der Waals surface area contributed by atoms with Crippen molar-refractivity contribution in [3.63, 3.8) is 0 Å². The van der Waals surface area contributed by atoms with Gasteiger partial charge in [0.1, 0.15) is 0 Å². The third kappa shape index (κ3) is 6.94. The number of amides is 2. The molecule has 0 radical (unpaired) electrons. The molecule has 2 N–H and O–H groups in total. The number of urea groups is 1. The van der Waals surface area contributed by atoms with Crippen LogP contribution in [0.2, 0.25) is 0 Å². The van der Waals surface area contributed by atoms with Crippen molar-refractivity contribution in [2.45, 2.75) is 65.7 Å². The molecule has 0 fully saturated rings. The van der Waals surface area contributed by atoms with Crippen molar-refractivity contribution < 1.29 is 4.79 Å². The van der Waals surface area contributed by atoms with Gasteiger partial charge in [-0.15, -0.1) is 0 Å². The number of rotatable bonds is 8. The molecule has 22 heavy (non-hydrogen) atoms. The molecule has 4 nitrogen and oxygen atoms in total. The van der Waals surface area contributed by atoms with Gasteiger partial charge in [0.25, 0.3) is 0 Å². The fraction of sp³-hybridized carbons (Fsp3) is 0.611. The maximum atomic E-state index is 11.9. The number of benzene rings is 1. The van der Waals surface area contributed by atoms with Crippen molar-refractivity contribution in [3.05, 3.63) is 35.9 Å². The maximum absolute atomic E-state index is 11.9. The van der Waals surface area contributed by atoms with Gasteiger partial charge in [0.05, 0.1) is 0 Å². The second kappa shape index (κ2) is 9.46. The first-order valence-electron chi connectivity index (χ1n) is 8.27. The number of carbonyl (C=O) groups is 1. The third-order valence-corrected chi connectivity index (χ3v) is 3.83. The van der Waals surface area contributed by atoms with Crippen LogP contribution in [-0.4, -0.2) is 35.6 Å². The Labute approximate surface area is 135 Å². The zero-order valence-corrected chi connectivity index (χ0v) is 14.6. The van der Waals surface area contributed by atoms with E-state index in [2.05, 4.69) is 67.5 Å². The summed E-state index contributed by atoms with van der Waals surface area (Å²) < 4.78 is 0. The fourth-order valence-corrected chi connectivity index (χ4v) is 2.26. The molecule has 0 saturated carbocycles. The predicted octanol–water partition coefficient (Wildman–Crippen LogP) is 3.38. The number of hydrogen-bond donors (Lipinski definition) is 2. The van der Waals surface area contributed by atoms with Crippen molar-refractivity contribution in [1.82, 2.24) is 15.5 Å². The first kappa shape index (κ1) is 18.5. The summed E-state index contributed by atoms with van der Waals surface area (Å²) in [5, 5.41) is 5.97. The Morgan fingerprint density at radius 2 is 1.64 bits per heavy atom. The zero-order valence-electron chi connectivity index (χ0n) is 14.6. The monoisotopic (exact) mass is 305 g/mol. The second-order valence-corrected chi connectivity index (χ2v) is 6.34. The van der Waals surface area contributed by atoms with E-state index in [1.807, 2.05) is 13.0 Å². The van der Waals surface area contributed by atoms with Crippen LogP contribution in [0.4, 0.5) is 4.79 Å². The summed E-state index contributed by atoms with van der Waals surface area (Å²) in [7, 11) is 0. The minimum atomic E-state index is -0.0785. The highest BCUT2D eigenvalue weighted by molar-refractivity contribution is 5.74. The van der Waals surface area contributed by atoms with E-state index in [-0.39, 0.29) is 18.1 Å². The minimum absolute atomic E-state index is 0.0785. The molecule has 1 aromatic carbocycles. The molecule has 0 aliphatic heterocycles. The van der Waals surface area contributed by atoms with E-state index in [1.165, 1.54) is 5.56 Å². The van der Waals surface area contributed by atoms with Gasteiger partial charge < -0.3 is 10.6 Å². The summed E-state index contributed by atoms with van der Waals surface area (Å²) in [4.78, 5) is 14.3. The van der Waals surface area contributed by atoms with E-state index in [4.69, 9.17) is 0 Å². The lowest BCUT2D eigenvalue weighted by molar-refractivity contribution is 0.189. The summed E-state index contributed by atoms with van der Waals surface area (Å²) in [5.74, 6) is 0. The molecular weight excluding hydrogens is 274 g/mol. The molecular formula is C18H31N3O. The van der Waals surface area contributed by atoms with Crippen LogP contribution in [0.15, 0.2) is 30.3 Å². The molecule has 2 unspecified atom stereocenters. The maximum Gasteiger partial charge on any atom is 0.315 e. The summed E-state index contributed by atoms with van der Waals surface area (Å²) in [6, 6.07) is 11.1. The lowest BCUT2D eigenvalue weighted by Gasteiger charge is -2.30. The summed E-state index contributed by atoms with van der Waals surface area (Å²) in [6.45, 7) is 12.2. The Bertz CT molecular complexity index is 433. The quantitative estimate of drug-likeness (QED) is 0.773. The van der Waals surface area contributed by atoms with Crippen LogP contribution < -0.4 is 10.6 Å². The van der Waals surface area contributed by atoms with E-state index >= 15 is 0 Å². The van der Waals surface area contributed by atoms with Crippen molar-refractivity contribution >= 4 is 6.03 Å². The van der Waals surface area contributed by atoms with Crippen LogP contribution in [0.1, 0.15) is 46.6 Å². The summed E-state index contributed by atoms with van der Waals surface area (Å²) in [6.07, 6.45) is 0.938. The highest BCUT2D eigenvalue weighted by Gasteiger charge is 2.16. The summed E-state index contributed by atoms with van der Waals surface area (Å²) in [5.41, 5.74) is 1.30. The van der Waals surface area contributed by atoms with Gasteiger partial charge >= 0.3 is 6.03 Å². The Balaban J connectivity index is 2.50. The van der Waals surface area contributed by atoms with E-state index < -0.39 is 0 Å². The molecule has 2 atom stereocenters. The largest absolute Gasteiger partial charge is 0.336 e. The summed E-state index contributed by atoms with van der Waals surface area (Å²) >= 11 is 0. The first-order chi connectivity index (χ1) is 10.4.